The van der Waals surface area contributed by atoms with Crippen molar-refractivity contribution in [2.75, 3.05) is 13.6 Å². The molecule has 0 spiro atoms. The van der Waals surface area contributed by atoms with Crippen molar-refractivity contribution in [3.05, 3.63) is 0 Å². The number of hydrogen-bond donors (Lipinski definition) is 2. The van der Waals surface area contributed by atoms with Gasteiger partial charge in [0, 0.05) is 18.1 Å². The highest BCUT2D eigenvalue weighted by atomic mass is 16.2. The largest absolute Gasteiger partial charge is 0.352 e. The number of likely N-dealkylation sites (N-methyl/N-ethyl adjacent to an activating group) is 1. The molecule has 0 aromatic carbocycles. The molecular weight excluding hydrogens is 226 g/mol. The zero-order valence-electron chi connectivity index (χ0n) is 12.3. The fraction of sp³-hybridized carbons (Fsp3) is 0.929. The Morgan fingerprint density at radius 1 is 1.33 bits per heavy atom. The van der Waals surface area contributed by atoms with Crippen LogP contribution in [0.4, 0.5) is 0 Å². The van der Waals surface area contributed by atoms with Gasteiger partial charge >= 0.3 is 0 Å². The van der Waals surface area contributed by atoms with E-state index in [0.717, 1.165) is 12.8 Å². The monoisotopic (exact) mass is 255 g/mol. The van der Waals surface area contributed by atoms with Crippen LogP contribution in [0, 0.1) is 5.92 Å². The van der Waals surface area contributed by atoms with Crippen molar-refractivity contribution in [3.8, 4) is 0 Å². The second-order valence-electron chi connectivity index (χ2n) is 6.03. The molecule has 1 fully saturated rings. The van der Waals surface area contributed by atoms with Gasteiger partial charge in [-0.05, 0) is 32.7 Å². The lowest BCUT2D eigenvalue weighted by Crippen LogP contribution is -2.51. The predicted molar refractivity (Wildman–Crippen MR) is 75.3 cm³/mol. The SMILES string of the molecule is CC(C)C(C)NC(=O)CN(C)C1CCCCC1N. The first-order chi connectivity index (χ1) is 8.41. The first-order valence-corrected chi connectivity index (χ1v) is 7.17. The van der Waals surface area contributed by atoms with Gasteiger partial charge in [0.2, 0.25) is 5.91 Å². The molecule has 0 bridgehead atoms. The van der Waals surface area contributed by atoms with Gasteiger partial charge in [0.1, 0.15) is 0 Å². The van der Waals surface area contributed by atoms with Gasteiger partial charge in [0.15, 0.2) is 0 Å². The lowest BCUT2D eigenvalue weighted by Gasteiger charge is -2.35. The van der Waals surface area contributed by atoms with Crippen molar-refractivity contribution < 1.29 is 4.79 Å². The molecule has 3 N–H and O–H groups in total. The van der Waals surface area contributed by atoms with Gasteiger partial charge in [-0.3, -0.25) is 9.69 Å². The summed E-state index contributed by atoms with van der Waals surface area (Å²) >= 11 is 0. The number of amides is 1. The lowest BCUT2D eigenvalue weighted by atomic mass is 9.90. The van der Waals surface area contributed by atoms with E-state index in [0.29, 0.717) is 18.5 Å². The van der Waals surface area contributed by atoms with Gasteiger partial charge < -0.3 is 11.1 Å². The maximum atomic E-state index is 11.9. The van der Waals surface area contributed by atoms with E-state index >= 15 is 0 Å². The third-order valence-electron chi connectivity index (χ3n) is 4.13. The molecule has 0 aromatic heterocycles. The average molecular weight is 255 g/mol. The number of nitrogens with one attached hydrogen (secondary N) is 1. The Labute approximate surface area is 111 Å². The summed E-state index contributed by atoms with van der Waals surface area (Å²) < 4.78 is 0. The maximum absolute atomic E-state index is 11.9. The van der Waals surface area contributed by atoms with Crippen molar-refractivity contribution in [2.24, 2.45) is 11.7 Å². The molecule has 106 valence electrons. The Bertz CT molecular complexity index is 268. The maximum Gasteiger partial charge on any atom is 0.234 e. The zero-order valence-corrected chi connectivity index (χ0v) is 12.3. The molecule has 3 unspecified atom stereocenters. The minimum atomic E-state index is 0.108. The second kappa shape index (κ2) is 7.10. The molecule has 1 aliphatic carbocycles. The van der Waals surface area contributed by atoms with Gasteiger partial charge in [0.25, 0.3) is 0 Å². The number of nitrogens with zero attached hydrogens (tertiary/aromatic N) is 1. The number of rotatable bonds is 5. The van der Waals surface area contributed by atoms with Crippen molar-refractivity contribution >= 4 is 5.91 Å². The first-order valence-electron chi connectivity index (χ1n) is 7.17. The van der Waals surface area contributed by atoms with E-state index in [1.54, 1.807) is 0 Å². The first kappa shape index (κ1) is 15.4. The molecule has 18 heavy (non-hydrogen) atoms. The normalized spacial score (nSPS) is 26.4. The molecular formula is C14H29N3O. The second-order valence-corrected chi connectivity index (χ2v) is 6.03. The Balaban J connectivity index is 2.38. The summed E-state index contributed by atoms with van der Waals surface area (Å²) in [5.74, 6) is 0.577. The smallest absolute Gasteiger partial charge is 0.234 e. The molecule has 4 heteroatoms. The lowest BCUT2D eigenvalue weighted by molar-refractivity contribution is -0.123. The van der Waals surface area contributed by atoms with Gasteiger partial charge in [-0.15, -0.1) is 0 Å². The highest BCUT2D eigenvalue weighted by Gasteiger charge is 2.26. The average Bonchev–Trinajstić information content (AvgIpc) is 2.28. The van der Waals surface area contributed by atoms with Crippen LogP contribution in [0.15, 0.2) is 0 Å². The van der Waals surface area contributed by atoms with E-state index in [2.05, 4.69) is 31.0 Å². The molecule has 0 heterocycles. The van der Waals surface area contributed by atoms with Crippen LogP contribution >= 0.6 is 0 Å². The van der Waals surface area contributed by atoms with Crippen LogP contribution in [0.25, 0.3) is 0 Å². The van der Waals surface area contributed by atoms with Crippen LogP contribution in [0.2, 0.25) is 0 Å². The van der Waals surface area contributed by atoms with Gasteiger partial charge in [0.05, 0.1) is 6.54 Å². The minimum Gasteiger partial charge on any atom is -0.352 e. The molecule has 4 nitrogen and oxygen atoms in total. The highest BCUT2D eigenvalue weighted by Crippen LogP contribution is 2.20. The molecule has 0 aliphatic heterocycles. The number of carbonyl (C=O) groups is 1. The molecule has 1 saturated carbocycles. The van der Waals surface area contributed by atoms with Gasteiger partial charge in [-0.25, -0.2) is 0 Å². The summed E-state index contributed by atoms with van der Waals surface area (Å²) in [7, 11) is 2.01. The Morgan fingerprint density at radius 2 is 1.94 bits per heavy atom. The summed E-state index contributed by atoms with van der Waals surface area (Å²) in [5.41, 5.74) is 6.13. The van der Waals surface area contributed by atoms with Crippen LogP contribution in [-0.4, -0.2) is 42.5 Å². The molecule has 0 radical (unpaired) electrons. The Hall–Kier alpha value is -0.610. The van der Waals surface area contributed by atoms with Crippen molar-refractivity contribution in [1.29, 1.82) is 0 Å². The summed E-state index contributed by atoms with van der Waals surface area (Å²) in [6, 6.07) is 0.809. The topological polar surface area (TPSA) is 58.4 Å². The number of nitrogens with two attached hydrogens (primary N) is 1. The minimum absolute atomic E-state index is 0.108. The highest BCUT2D eigenvalue weighted by molar-refractivity contribution is 5.78. The van der Waals surface area contributed by atoms with Crippen molar-refractivity contribution in [1.82, 2.24) is 10.2 Å². The molecule has 0 saturated heterocycles. The third-order valence-corrected chi connectivity index (χ3v) is 4.13. The van der Waals surface area contributed by atoms with E-state index in [1.165, 1.54) is 12.8 Å². The van der Waals surface area contributed by atoms with E-state index < -0.39 is 0 Å². The molecule has 3 atom stereocenters. The summed E-state index contributed by atoms with van der Waals surface area (Å²) in [4.78, 5) is 14.0. The fourth-order valence-electron chi connectivity index (χ4n) is 2.50. The Kier molecular flexibility index (Phi) is 6.09. The number of carbonyl (C=O) groups excluding carboxylic acids is 1. The van der Waals surface area contributed by atoms with Crippen LogP contribution in [0.3, 0.4) is 0 Å². The zero-order chi connectivity index (χ0) is 13.7. The number of hydrogen-bond acceptors (Lipinski definition) is 3. The quantitative estimate of drug-likeness (QED) is 0.779. The standard InChI is InChI=1S/C14H29N3O/c1-10(2)11(3)16-14(18)9-17(4)13-8-6-5-7-12(13)15/h10-13H,5-9,15H2,1-4H3,(H,16,18). The van der Waals surface area contributed by atoms with Gasteiger partial charge in [-0.1, -0.05) is 26.7 Å². The van der Waals surface area contributed by atoms with Crippen molar-refractivity contribution in [2.45, 2.75) is 64.6 Å². The van der Waals surface area contributed by atoms with Crippen LogP contribution in [-0.2, 0) is 4.79 Å². The summed E-state index contributed by atoms with van der Waals surface area (Å²) in [6.45, 7) is 6.74. The van der Waals surface area contributed by atoms with Crippen LogP contribution < -0.4 is 11.1 Å². The van der Waals surface area contributed by atoms with E-state index in [1.807, 2.05) is 7.05 Å². The van der Waals surface area contributed by atoms with Crippen LogP contribution in [0.1, 0.15) is 46.5 Å². The van der Waals surface area contributed by atoms with E-state index in [4.69, 9.17) is 5.73 Å². The summed E-state index contributed by atoms with van der Waals surface area (Å²) in [6.07, 6.45) is 4.65. The molecule has 1 amide bonds. The molecule has 1 aliphatic rings. The van der Waals surface area contributed by atoms with E-state index in [-0.39, 0.29) is 18.0 Å². The van der Waals surface area contributed by atoms with Crippen molar-refractivity contribution in [3.63, 3.8) is 0 Å². The fourth-order valence-corrected chi connectivity index (χ4v) is 2.50. The third kappa shape index (κ3) is 4.58. The summed E-state index contributed by atoms with van der Waals surface area (Å²) in [5, 5.41) is 3.04. The molecule has 0 aromatic rings. The van der Waals surface area contributed by atoms with E-state index in [9.17, 15) is 4.79 Å². The Morgan fingerprint density at radius 3 is 2.50 bits per heavy atom. The molecule has 1 rings (SSSR count). The van der Waals surface area contributed by atoms with Crippen LogP contribution in [0.5, 0.6) is 0 Å². The predicted octanol–water partition coefficient (Wildman–Crippen LogP) is 1.35. The van der Waals surface area contributed by atoms with Gasteiger partial charge in [-0.2, -0.15) is 0 Å².